The quantitative estimate of drug-likeness (QED) is 0.619. The van der Waals surface area contributed by atoms with Crippen molar-refractivity contribution in [3.8, 4) is 17.6 Å². The highest BCUT2D eigenvalue weighted by molar-refractivity contribution is 5.97. The zero-order valence-corrected chi connectivity index (χ0v) is 10.7. The lowest BCUT2D eigenvalue weighted by atomic mass is 10.1. The standard InChI is InChI=1S/C14H17NO3/c1-10-8-12(11(2)16)13(17)9-14(10)18-7-5-3-4-6-15/h8-9,17H,3-5,7H2,1-2H3. The van der Waals surface area contributed by atoms with E-state index >= 15 is 0 Å². The normalized spacial score (nSPS) is 9.83. The number of nitrogens with zero attached hydrogens (tertiary/aromatic N) is 1. The van der Waals surface area contributed by atoms with Crippen molar-refractivity contribution in [2.75, 3.05) is 6.61 Å². The van der Waals surface area contributed by atoms with E-state index in [-0.39, 0.29) is 11.5 Å². The van der Waals surface area contributed by atoms with Crippen LogP contribution in [0.15, 0.2) is 12.1 Å². The largest absolute Gasteiger partial charge is 0.507 e. The zero-order chi connectivity index (χ0) is 13.5. The van der Waals surface area contributed by atoms with Crippen molar-refractivity contribution in [3.05, 3.63) is 23.3 Å². The number of rotatable bonds is 6. The lowest BCUT2D eigenvalue weighted by Crippen LogP contribution is -2.01. The number of carbonyl (C=O) groups is 1. The van der Waals surface area contributed by atoms with E-state index in [1.165, 1.54) is 13.0 Å². The van der Waals surface area contributed by atoms with Crippen LogP contribution in [0.1, 0.15) is 42.1 Å². The number of ether oxygens (including phenoxy) is 1. The second kappa shape index (κ2) is 6.65. The van der Waals surface area contributed by atoms with Crippen LogP contribution in [0.25, 0.3) is 0 Å². The van der Waals surface area contributed by atoms with Crippen LogP contribution in [-0.2, 0) is 0 Å². The van der Waals surface area contributed by atoms with Gasteiger partial charge in [0.2, 0.25) is 0 Å². The molecule has 0 spiro atoms. The van der Waals surface area contributed by atoms with E-state index in [0.29, 0.717) is 24.3 Å². The fraction of sp³-hybridized carbons (Fsp3) is 0.429. The van der Waals surface area contributed by atoms with Crippen LogP contribution in [0.5, 0.6) is 11.5 Å². The molecule has 0 atom stereocenters. The molecular weight excluding hydrogens is 230 g/mol. The topological polar surface area (TPSA) is 70.3 Å². The number of aryl methyl sites for hydroxylation is 1. The van der Waals surface area contributed by atoms with Gasteiger partial charge in [0, 0.05) is 12.5 Å². The molecule has 0 saturated carbocycles. The fourth-order valence-corrected chi connectivity index (χ4v) is 1.60. The van der Waals surface area contributed by atoms with E-state index in [1.807, 2.05) is 6.92 Å². The van der Waals surface area contributed by atoms with Crippen LogP contribution in [0.3, 0.4) is 0 Å². The van der Waals surface area contributed by atoms with Gasteiger partial charge in [-0.1, -0.05) is 0 Å². The second-order valence-corrected chi connectivity index (χ2v) is 4.15. The van der Waals surface area contributed by atoms with Crippen molar-refractivity contribution in [2.24, 2.45) is 0 Å². The van der Waals surface area contributed by atoms with Gasteiger partial charge in [0.05, 0.1) is 18.2 Å². The van der Waals surface area contributed by atoms with Gasteiger partial charge < -0.3 is 9.84 Å². The van der Waals surface area contributed by atoms with Gasteiger partial charge in [0.25, 0.3) is 0 Å². The molecule has 1 aromatic carbocycles. The number of benzene rings is 1. The highest BCUT2D eigenvalue weighted by Crippen LogP contribution is 2.28. The maximum atomic E-state index is 11.2. The van der Waals surface area contributed by atoms with Crippen molar-refractivity contribution < 1.29 is 14.6 Å². The molecule has 0 heterocycles. The molecule has 4 heteroatoms. The van der Waals surface area contributed by atoms with Gasteiger partial charge in [0.15, 0.2) is 5.78 Å². The average Bonchev–Trinajstić information content (AvgIpc) is 2.32. The molecule has 1 aromatic rings. The van der Waals surface area contributed by atoms with Gasteiger partial charge in [-0.2, -0.15) is 5.26 Å². The predicted molar refractivity (Wildman–Crippen MR) is 67.8 cm³/mol. The lowest BCUT2D eigenvalue weighted by Gasteiger charge is -2.11. The third-order valence-corrected chi connectivity index (χ3v) is 2.61. The summed E-state index contributed by atoms with van der Waals surface area (Å²) in [5, 5.41) is 18.1. The highest BCUT2D eigenvalue weighted by atomic mass is 16.5. The third-order valence-electron chi connectivity index (χ3n) is 2.61. The number of unbranched alkanes of at least 4 members (excludes halogenated alkanes) is 2. The summed E-state index contributed by atoms with van der Waals surface area (Å²) in [7, 11) is 0. The molecule has 18 heavy (non-hydrogen) atoms. The number of phenols is 1. The molecule has 0 amide bonds. The minimum Gasteiger partial charge on any atom is -0.507 e. The maximum Gasteiger partial charge on any atom is 0.163 e. The number of nitriles is 1. The molecule has 4 nitrogen and oxygen atoms in total. The average molecular weight is 247 g/mol. The maximum absolute atomic E-state index is 11.2. The Labute approximate surface area is 107 Å². The van der Waals surface area contributed by atoms with Crippen molar-refractivity contribution in [1.82, 2.24) is 0 Å². The first-order valence-electron chi connectivity index (χ1n) is 5.90. The number of ketones is 1. The Morgan fingerprint density at radius 1 is 1.44 bits per heavy atom. The van der Waals surface area contributed by atoms with Crippen molar-refractivity contribution >= 4 is 5.78 Å². The van der Waals surface area contributed by atoms with Crippen LogP contribution < -0.4 is 4.74 Å². The number of Topliss-reactive ketones (excluding diaryl/α,β-unsaturated/α-hetero) is 1. The Bertz CT molecular complexity index is 475. The molecule has 0 aliphatic rings. The Kier molecular flexibility index (Phi) is 5.19. The number of phenolic OH excluding ortho intramolecular Hbond substituents is 1. The van der Waals surface area contributed by atoms with Gasteiger partial charge >= 0.3 is 0 Å². The summed E-state index contributed by atoms with van der Waals surface area (Å²) in [6.07, 6.45) is 2.12. The summed E-state index contributed by atoms with van der Waals surface area (Å²) in [6.45, 7) is 3.74. The summed E-state index contributed by atoms with van der Waals surface area (Å²) in [5.41, 5.74) is 1.13. The SMILES string of the molecule is CC(=O)c1cc(C)c(OCCCCC#N)cc1O. The summed E-state index contributed by atoms with van der Waals surface area (Å²) in [5.74, 6) is 0.353. The number of hydrogen-bond donors (Lipinski definition) is 1. The lowest BCUT2D eigenvalue weighted by molar-refractivity contribution is 0.101. The van der Waals surface area contributed by atoms with Gasteiger partial charge in [-0.15, -0.1) is 0 Å². The van der Waals surface area contributed by atoms with Crippen LogP contribution in [0, 0.1) is 18.3 Å². The molecule has 0 bridgehead atoms. The van der Waals surface area contributed by atoms with E-state index in [4.69, 9.17) is 10.00 Å². The minimum atomic E-state index is -0.170. The van der Waals surface area contributed by atoms with E-state index in [0.717, 1.165) is 18.4 Å². The molecule has 1 rings (SSSR count). The molecule has 0 aliphatic heterocycles. The Balaban J connectivity index is 2.65. The van der Waals surface area contributed by atoms with Gasteiger partial charge in [-0.25, -0.2) is 0 Å². The minimum absolute atomic E-state index is 0.0554. The van der Waals surface area contributed by atoms with Crippen molar-refractivity contribution in [2.45, 2.75) is 33.1 Å². The Morgan fingerprint density at radius 3 is 2.78 bits per heavy atom. The van der Waals surface area contributed by atoms with E-state index in [2.05, 4.69) is 6.07 Å². The van der Waals surface area contributed by atoms with Crippen LogP contribution in [0.2, 0.25) is 0 Å². The molecule has 0 radical (unpaired) electrons. The Hall–Kier alpha value is -2.02. The first-order valence-corrected chi connectivity index (χ1v) is 5.90. The van der Waals surface area contributed by atoms with Crippen molar-refractivity contribution in [3.63, 3.8) is 0 Å². The third kappa shape index (κ3) is 3.77. The summed E-state index contributed by atoms with van der Waals surface area (Å²) in [6, 6.07) is 5.17. The summed E-state index contributed by atoms with van der Waals surface area (Å²) in [4.78, 5) is 11.2. The van der Waals surface area contributed by atoms with Crippen LogP contribution >= 0.6 is 0 Å². The number of hydrogen-bond acceptors (Lipinski definition) is 4. The van der Waals surface area contributed by atoms with Gasteiger partial charge in [-0.3, -0.25) is 4.79 Å². The summed E-state index contributed by atoms with van der Waals surface area (Å²) < 4.78 is 5.52. The van der Waals surface area contributed by atoms with Crippen LogP contribution in [-0.4, -0.2) is 17.5 Å². The molecule has 1 N–H and O–H groups in total. The number of aromatic hydroxyl groups is 1. The molecule has 96 valence electrons. The highest BCUT2D eigenvalue weighted by Gasteiger charge is 2.10. The Morgan fingerprint density at radius 2 is 2.17 bits per heavy atom. The smallest absolute Gasteiger partial charge is 0.163 e. The summed E-state index contributed by atoms with van der Waals surface area (Å²) >= 11 is 0. The molecule has 0 fully saturated rings. The van der Waals surface area contributed by atoms with Crippen molar-refractivity contribution in [1.29, 1.82) is 5.26 Å². The molecule has 0 unspecified atom stereocenters. The molecule has 0 saturated heterocycles. The fourth-order valence-electron chi connectivity index (χ4n) is 1.60. The van der Waals surface area contributed by atoms with Gasteiger partial charge in [-0.05, 0) is 38.3 Å². The van der Waals surface area contributed by atoms with Gasteiger partial charge in [0.1, 0.15) is 11.5 Å². The van der Waals surface area contributed by atoms with Crippen LogP contribution in [0.4, 0.5) is 0 Å². The monoisotopic (exact) mass is 247 g/mol. The zero-order valence-electron chi connectivity index (χ0n) is 10.7. The first-order chi connectivity index (χ1) is 8.56. The molecule has 0 aliphatic carbocycles. The second-order valence-electron chi connectivity index (χ2n) is 4.15. The first kappa shape index (κ1) is 14.0. The number of carbonyl (C=O) groups excluding carboxylic acids is 1. The van der Waals surface area contributed by atoms with E-state index in [9.17, 15) is 9.90 Å². The van der Waals surface area contributed by atoms with E-state index in [1.54, 1.807) is 6.07 Å². The predicted octanol–water partition coefficient (Wildman–Crippen LogP) is 2.98. The molecule has 0 aromatic heterocycles. The van der Waals surface area contributed by atoms with E-state index < -0.39 is 0 Å². The molecular formula is C14H17NO3.